The number of hydrogen-bond donors (Lipinski definition) is 2. The van der Waals surface area contributed by atoms with E-state index in [4.69, 9.17) is 10.7 Å². The van der Waals surface area contributed by atoms with Crippen molar-refractivity contribution in [3.63, 3.8) is 0 Å². The van der Waals surface area contributed by atoms with E-state index < -0.39 is 5.54 Å². The summed E-state index contributed by atoms with van der Waals surface area (Å²) in [6.45, 7) is 6.05. The quantitative estimate of drug-likeness (QED) is 0.861. The first-order valence-corrected chi connectivity index (χ1v) is 9.82. The minimum Gasteiger partial charge on any atom is -0.348 e. The fraction of sp³-hybridized carbons (Fsp3) is 0.500. The van der Waals surface area contributed by atoms with Crippen molar-refractivity contribution < 1.29 is 4.79 Å². The van der Waals surface area contributed by atoms with Gasteiger partial charge < -0.3 is 11.1 Å². The Balaban J connectivity index is 1.74. The summed E-state index contributed by atoms with van der Waals surface area (Å²) >= 11 is 1.65. The minimum absolute atomic E-state index is 0.0554. The molecule has 25 heavy (non-hydrogen) atoms. The maximum Gasteiger partial charge on any atom is 0.225 e. The van der Waals surface area contributed by atoms with Gasteiger partial charge in [-0.05, 0) is 33.6 Å². The van der Waals surface area contributed by atoms with E-state index in [1.807, 2.05) is 39.0 Å². The lowest BCUT2D eigenvalue weighted by atomic mass is 9.74. The average molecular weight is 358 g/mol. The van der Waals surface area contributed by atoms with Gasteiger partial charge in [0.1, 0.15) is 5.01 Å². The number of carbonyl (C=O) groups excluding carboxylic acids is 1. The van der Waals surface area contributed by atoms with Crippen molar-refractivity contribution in [2.45, 2.75) is 58.0 Å². The fourth-order valence-electron chi connectivity index (χ4n) is 3.68. The Morgan fingerprint density at radius 1 is 1.36 bits per heavy atom. The second-order valence-corrected chi connectivity index (χ2v) is 8.40. The van der Waals surface area contributed by atoms with Crippen LogP contribution in [-0.2, 0) is 4.79 Å². The standard InChI is InChI=1S/C20H27N3OS/c1-13(22-18(24)16-11-7-8-12-20(16,3)21)17-14(2)23-19(25-17)15-9-5-4-6-10-15/h4-6,9-10,13,16H,7-8,11-12,21H2,1-3H3,(H,22,24). The molecule has 1 aromatic carbocycles. The van der Waals surface area contributed by atoms with Crippen LogP contribution >= 0.6 is 11.3 Å². The molecule has 134 valence electrons. The topological polar surface area (TPSA) is 68.0 Å². The van der Waals surface area contributed by atoms with Crippen LogP contribution in [0.25, 0.3) is 10.6 Å². The van der Waals surface area contributed by atoms with Crippen LogP contribution in [0.15, 0.2) is 30.3 Å². The molecule has 1 aromatic heterocycles. The molecule has 1 aliphatic rings. The Kier molecular flexibility index (Phi) is 5.25. The lowest BCUT2D eigenvalue weighted by Crippen LogP contribution is -2.53. The Labute approximate surface area is 153 Å². The van der Waals surface area contributed by atoms with Crippen LogP contribution in [0.2, 0.25) is 0 Å². The minimum atomic E-state index is -0.403. The number of thiazole rings is 1. The SMILES string of the molecule is Cc1nc(-c2ccccc2)sc1C(C)NC(=O)C1CCCCC1(C)N. The summed E-state index contributed by atoms with van der Waals surface area (Å²) in [4.78, 5) is 18.6. The molecule has 0 radical (unpaired) electrons. The third kappa shape index (κ3) is 3.93. The first-order valence-electron chi connectivity index (χ1n) is 9.00. The molecule has 1 aliphatic carbocycles. The molecule has 4 nitrogen and oxygen atoms in total. The van der Waals surface area contributed by atoms with E-state index in [1.165, 1.54) is 0 Å². The van der Waals surface area contributed by atoms with Gasteiger partial charge >= 0.3 is 0 Å². The highest BCUT2D eigenvalue weighted by atomic mass is 32.1. The molecule has 3 N–H and O–H groups in total. The van der Waals surface area contributed by atoms with Gasteiger partial charge in [-0.25, -0.2) is 4.98 Å². The van der Waals surface area contributed by atoms with Crippen molar-refractivity contribution >= 4 is 17.2 Å². The van der Waals surface area contributed by atoms with Crippen LogP contribution in [0.1, 0.15) is 56.1 Å². The lowest BCUT2D eigenvalue weighted by Gasteiger charge is -2.37. The van der Waals surface area contributed by atoms with Gasteiger partial charge in [-0.1, -0.05) is 43.2 Å². The number of aromatic nitrogens is 1. The van der Waals surface area contributed by atoms with Gasteiger partial charge in [0.2, 0.25) is 5.91 Å². The zero-order valence-corrected chi connectivity index (χ0v) is 16.0. The summed E-state index contributed by atoms with van der Waals surface area (Å²) < 4.78 is 0. The maximum absolute atomic E-state index is 12.8. The lowest BCUT2D eigenvalue weighted by molar-refractivity contribution is -0.128. The van der Waals surface area contributed by atoms with E-state index in [-0.39, 0.29) is 17.9 Å². The fourth-order valence-corrected chi connectivity index (χ4v) is 4.76. The van der Waals surface area contributed by atoms with Crippen LogP contribution in [-0.4, -0.2) is 16.4 Å². The summed E-state index contributed by atoms with van der Waals surface area (Å²) in [5.41, 5.74) is 8.07. The number of hydrogen-bond acceptors (Lipinski definition) is 4. The summed E-state index contributed by atoms with van der Waals surface area (Å²) in [7, 11) is 0. The van der Waals surface area contributed by atoms with E-state index in [0.29, 0.717) is 0 Å². The van der Waals surface area contributed by atoms with Gasteiger partial charge in [0.15, 0.2) is 0 Å². The van der Waals surface area contributed by atoms with Crippen molar-refractivity contribution in [2.75, 3.05) is 0 Å². The number of rotatable bonds is 4. The smallest absolute Gasteiger partial charge is 0.225 e. The zero-order valence-electron chi connectivity index (χ0n) is 15.2. The Morgan fingerprint density at radius 3 is 2.76 bits per heavy atom. The van der Waals surface area contributed by atoms with Crippen molar-refractivity contribution in [2.24, 2.45) is 11.7 Å². The Bertz CT molecular complexity index is 739. The summed E-state index contributed by atoms with van der Waals surface area (Å²) in [6.07, 6.45) is 3.98. The predicted molar refractivity (Wildman–Crippen MR) is 103 cm³/mol. The van der Waals surface area contributed by atoms with Gasteiger partial charge in [-0.2, -0.15) is 0 Å². The number of nitrogens with one attached hydrogen (secondary N) is 1. The van der Waals surface area contributed by atoms with Gasteiger partial charge in [0.05, 0.1) is 22.5 Å². The number of nitrogens with two attached hydrogens (primary N) is 1. The Hall–Kier alpha value is -1.72. The predicted octanol–water partition coefficient (Wildman–Crippen LogP) is 4.20. The largest absolute Gasteiger partial charge is 0.348 e. The molecular weight excluding hydrogens is 330 g/mol. The van der Waals surface area contributed by atoms with Gasteiger partial charge in [0, 0.05) is 11.1 Å². The molecule has 1 fully saturated rings. The first kappa shape index (κ1) is 18.1. The Morgan fingerprint density at radius 2 is 2.08 bits per heavy atom. The van der Waals surface area contributed by atoms with Crippen LogP contribution in [0.4, 0.5) is 0 Å². The van der Waals surface area contributed by atoms with E-state index in [2.05, 4.69) is 17.4 Å². The third-order valence-electron chi connectivity index (χ3n) is 5.18. The second-order valence-electron chi connectivity index (χ2n) is 7.37. The molecule has 1 heterocycles. The maximum atomic E-state index is 12.8. The van der Waals surface area contributed by atoms with Crippen molar-refractivity contribution in [1.29, 1.82) is 0 Å². The highest BCUT2D eigenvalue weighted by molar-refractivity contribution is 7.15. The molecule has 1 saturated carbocycles. The van der Waals surface area contributed by atoms with E-state index in [0.717, 1.165) is 46.8 Å². The van der Waals surface area contributed by atoms with Crippen LogP contribution in [0.5, 0.6) is 0 Å². The first-order chi connectivity index (χ1) is 11.9. The van der Waals surface area contributed by atoms with E-state index >= 15 is 0 Å². The molecule has 0 bridgehead atoms. The molecule has 3 unspecified atom stereocenters. The van der Waals surface area contributed by atoms with E-state index in [9.17, 15) is 4.79 Å². The molecule has 1 amide bonds. The third-order valence-corrected chi connectivity index (χ3v) is 6.57. The van der Waals surface area contributed by atoms with Crippen LogP contribution in [0, 0.1) is 12.8 Å². The monoisotopic (exact) mass is 357 g/mol. The number of nitrogens with zero attached hydrogens (tertiary/aromatic N) is 1. The molecule has 0 spiro atoms. The normalized spacial score (nSPS) is 24.7. The van der Waals surface area contributed by atoms with Crippen LogP contribution in [0.3, 0.4) is 0 Å². The number of aryl methyl sites for hydroxylation is 1. The van der Waals surface area contributed by atoms with Gasteiger partial charge in [0.25, 0.3) is 0 Å². The highest BCUT2D eigenvalue weighted by Crippen LogP contribution is 2.34. The molecule has 5 heteroatoms. The molecular formula is C20H27N3OS. The number of carbonyl (C=O) groups is 1. The second kappa shape index (κ2) is 7.26. The van der Waals surface area contributed by atoms with E-state index in [1.54, 1.807) is 11.3 Å². The van der Waals surface area contributed by atoms with Crippen molar-refractivity contribution in [1.82, 2.24) is 10.3 Å². The summed E-state index contributed by atoms with van der Waals surface area (Å²) in [6, 6.07) is 10.1. The zero-order chi connectivity index (χ0) is 18.0. The number of amides is 1. The van der Waals surface area contributed by atoms with Crippen molar-refractivity contribution in [3.05, 3.63) is 40.9 Å². The molecule has 2 aromatic rings. The molecule has 3 rings (SSSR count). The van der Waals surface area contributed by atoms with Crippen molar-refractivity contribution in [3.8, 4) is 10.6 Å². The molecule has 0 saturated heterocycles. The number of benzene rings is 1. The summed E-state index contributed by atoms with van der Waals surface area (Å²) in [5.74, 6) is -0.0308. The highest BCUT2D eigenvalue weighted by Gasteiger charge is 2.38. The van der Waals surface area contributed by atoms with Gasteiger partial charge in [-0.3, -0.25) is 4.79 Å². The van der Waals surface area contributed by atoms with Gasteiger partial charge in [-0.15, -0.1) is 11.3 Å². The molecule has 0 aliphatic heterocycles. The van der Waals surface area contributed by atoms with Crippen LogP contribution < -0.4 is 11.1 Å². The summed E-state index contributed by atoms with van der Waals surface area (Å²) in [5, 5.41) is 4.17. The average Bonchev–Trinajstić information content (AvgIpc) is 2.97. The molecule has 3 atom stereocenters.